The summed E-state index contributed by atoms with van der Waals surface area (Å²) >= 11 is 11.9. The molecule has 0 aliphatic heterocycles. The van der Waals surface area contributed by atoms with Crippen molar-refractivity contribution in [3.05, 3.63) is 106 Å². The Bertz CT molecular complexity index is 1250. The van der Waals surface area contributed by atoms with Crippen LogP contribution in [0, 0.1) is 0 Å². The summed E-state index contributed by atoms with van der Waals surface area (Å²) in [4.78, 5) is 13.1. The van der Waals surface area contributed by atoms with Crippen LogP contribution in [0.4, 0.5) is 0 Å². The zero-order valence-corrected chi connectivity index (χ0v) is 19.2. The Balaban J connectivity index is 1.35. The van der Waals surface area contributed by atoms with Gasteiger partial charge >= 0.3 is 0 Å². The molecule has 0 saturated heterocycles. The molecule has 33 heavy (non-hydrogen) atoms. The second-order valence-corrected chi connectivity index (χ2v) is 8.81. The lowest BCUT2D eigenvalue weighted by atomic mass is 9.88. The molecule has 0 atom stereocenters. The highest BCUT2D eigenvalue weighted by Crippen LogP contribution is 2.31. The highest BCUT2D eigenvalue weighted by atomic mass is 35.5. The number of allylic oxidation sites excluding steroid dienone is 2. The van der Waals surface area contributed by atoms with Crippen molar-refractivity contribution in [2.24, 2.45) is 0 Å². The van der Waals surface area contributed by atoms with Crippen molar-refractivity contribution >= 4 is 41.1 Å². The molecule has 2 heterocycles. The van der Waals surface area contributed by atoms with E-state index in [2.05, 4.69) is 0 Å². The lowest BCUT2D eigenvalue weighted by Crippen LogP contribution is -2.12. The monoisotopic (exact) mass is 474 g/mol. The maximum atomic E-state index is 13.1. The van der Waals surface area contributed by atoms with Crippen molar-refractivity contribution in [1.29, 1.82) is 0 Å². The summed E-state index contributed by atoms with van der Waals surface area (Å²) in [6, 6.07) is 22.5. The molecule has 3 nitrogen and oxygen atoms in total. The summed E-state index contributed by atoms with van der Waals surface area (Å²) in [5.74, 6) is 2.83. The molecular formula is C28H20Cl2O3. The summed E-state index contributed by atoms with van der Waals surface area (Å²) in [6.45, 7) is 0. The van der Waals surface area contributed by atoms with Gasteiger partial charge in [0.05, 0.1) is 0 Å². The molecule has 1 saturated carbocycles. The van der Waals surface area contributed by atoms with E-state index in [4.69, 9.17) is 32.0 Å². The van der Waals surface area contributed by atoms with Gasteiger partial charge in [-0.2, -0.15) is 0 Å². The van der Waals surface area contributed by atoms with Gasteiger partial charge < -0.3 is 8.83 Å². The number of carbonyl (C=O) groups is 1. The maximum Gasteiger partial charge on any atom is 0.185 e. The molecule has 0 unspecified atom stereocenters. The molecule has 0 N–H and O–H groups in total. The van der Waals surface area contributed by atoms with Crippen molar-refractivity contribution in [3.63, 3.8) is 0 Å². The van der Waals surface area contributed by atoms with Crippen molar-refractivity contribution in [2.45, 2.75) is 19.3 Å². The minimum Gasteiger partial charge on any atom is -0.457 e. The number of halogens is 2. The molecule has 0 amide bonds. The van der Waals surface area contributed by atoms with Gasteiger partial charge in [0.15, 0.2) is 5.78 Å². The zero-order valence-electron chi connectivity index (χ0n) is 17.7. The largest absolute Gasteiger partial charge is 0.457 e. The fraction of sp³-hybridized carbons (Fsp3) is 0.107. The van der Waals surface area contributed by atoms with Crippen LogP contribution >= 0.6 is 23.2 Å². The normalized spacial score (nSPS) is 16.6. The third-order valence-corrected chi connectivity index (χ3v) is 6.12. The summed E-state index contributed by atoms with van der Waals surface area (Å²) in [6.07, 6.45) is 6.04. The quantitative estimate of drug-likeness (QED) is 0.277. The molecule has 5 rings (SSSR count). The maximum absolute atomic E-state index is 13.1. The van der Waals surface area contributed by atoms with Gasteiger partial charge in [-0.1, -0.05) is 23.2 Å². The van der Waals surface area contributed by atoms with E-state index in [-0.39, 0.29) is 5.78 Å². The molecule has 2 aromatic heterocycles. The fourth-order valence-electron chi connectivity index (χ4n) is 3.92. The SMILES string of the molecule is O=C1/C(=C\c2ccc(-c3ccc(Cl)cc3)o2)CCC/C1=C/c1ccc(-c2ccc(Cl)cc2)o1. The minimum absolute atomic E-state index is 0.0372. The Morgan fingerprint density at radius 1 is 0.606 bits per heavy atom. The van der Waals surface area contributed by atoms with Gasteiger partial charge in [0.1, 0.15) is 23.0 Å². The number of hydrogen-bond donors (Lipinski definition) is 0. The summed E-state index contributed by atoms with van der Waals surface area (Å²) in [7, 11) is 0. The second-order valence-electron chi connectivity index (χ2n) is 7.94. The average molecular weight is 475 g/mol. The molecule has 0 spiro atoms. The van der Waals surface area contributed by atoms with Gasteiger partial charge in [-0.3, -0.25) is 4.79 Å². The highest BCUT2D eigenvalue weighted by Gasteiger charge is 2.21. The smallest absolute Gasteiger partial charge is 0.185 e. The van der Waals surface area contributed by atoms with Crippen LogP contribution in [-0.4, -0.2) is 5.78 Å². The fourth-order valence-corrected chi connectivity index (χ4v) is 4.17. The lowest BCUT2D eigenvalue weighted by molar-refractivity contribution is -0.112. The molecule has 5 heteroatoms. The Morgan fingerprint density at radius 2 is 1.03 bits per heavy atom. The average Bonchev–Trinajstić information content (AvgIpc) is 3.48. The Hall–Kier alpha value is -3.27. The van der Waals surface area contributed by atoms with Gasteiger partial charge in [-0.05, 0) is 104 Å². The van der Waals surface area contributed by atoms with Crippen LogP contribution in [0.3, 0.4) is 0 Å². The van der Waals surface area contributed by atoms with Gasteiger partial charge in [0.2, 0.25) is 0 Å². The first kappa shape index (κ1) is 21.6. The molecule has 1 fully saturated rings. The van der Waals surface area contributed by atoms with Crippen LogP contribution < -0.4 is 0 Å². The van der Waals surface area contributed by atoms with Crippen LogP contribution in [0.15, 0.2) is 92.8 Å². The van der Waals surface area contributed by atoms with Crippen molar-refractivity contribution in [2.75, 3.05) is 0 Å². The van der Waals surface area contributed by atoms with Gasteiger partial charge in [0, 0.05) is 32.3 Å². The van der Waals surface area contributed by atoms with E-state index in [9.17, 15) is 4.79 Å². The topological polar surface area (TPSA) is 43.4 Å². The predicted octanol–water partition coefficient (Wildman–Crippen LogP) is 8.73. The lowest BCUT2D eigenvalue weighted by Gasteiger charge is -2.15. The minimum atomic E-state index is 0.0372. The van der Waals surface area contributed by atoms with Crippen LogP contribution in [-0.2, 0) is 4.79 Å². The number of hydrogen-bond acceptors (Lipinski definition) is 3. The number of furan rings is 2. The predicted molar refractivity (Wildman–Crippen MR) is 133 cm³/mol. The standard InChI is InChI=1S/C28H20Cl2O3/c29-22-8-4-18(5-9-22)26-14-12-24(32-26)16-20-2-1-3-21(28(20)31)17-25-13-15-27(33-25)19-6-10-23(30)11-7-19/h4-17H,1-3H2/b20-16-,21-17-. The number of carbonyl (C=O) groups excluding carboxylic acids is 1. The van der Waals surface area contributed by atoms with E-state index < -0.39 is 0 Å². The van der Waals surface area contributed by atoms with E-state index in [1.165, 1.54) is 0 Å². The van der Waals surface area contributed by atoms with Crippen molar-refractivity contribution in [3.8, 4) is 22.6 Å². The van der Waals surface area contributed by atoms with Crippen molar-refractivity contribution in [1.82, 2.24) is 0 Å². The molecular weight excluding hydrogens is 455 g/mol. The highest BCUT2D eigenvalue weighted by molar-refractivity contribution is 6.30. The molecule has 2 aromatic carbocycles. The molecule has 164 valence electrons. The first-order chi connectivity index (χ1) is 16.0. The first-order valence-electron chi connectivity index (χ1n) is 10.7. The second kappa shape index (κ2) is 9.30. The van der Waals surface area contributed by atoms with Crippen LogP contribution in [0.1, 0.15) is 30.8 Å². The van der Waals surface area contributed by atoms with Gasteiger partial charge in [-0.25, -0.2) is 0 Å². The summed E-state index contributed by atoms with van der Waals surface area (Å²) in [5.41, 5.74) is 3.37. The number of Topliss-reactive ketones (excluding diaryl/α,β-unsaturated/α-hetero) is 1. The number of benzene rings is 2. The van der Waals surface area contributed by atoms with Crippen LogP contribution in [0.25, 0.3) is 34.8 Å². The molecule has 0 radical (unpaired) electrons. The van der Waals surface area contributed by atoms with Gasteiger partial charge in [-0.15, -0.1) is 0 Å². The van der Waals surface area contributed by atoms with E-state index in [0.29, 0.717) is 21.6 Å². The summed E-state index contributed by atoms with van der Waals surface area (Å²) < 4.78 is 11.9. The van der Waals surface area contributed by atoms with E-state index in [0.717, 1.165) is 53.1 Å². The summed E-state index contributed by atoms with van der Waals surface area (Å²) in [5, 5.41) is 1.35. The van der Waals surface area contributed by atoms with E-state index in [1.54, 1.807) is 0 Å². The Labute approximate surface area is 201 Å². The molecule has 0 bridgehead atoms. The molecule has 4 aromatic rings. The van der Waals surface area contributed by atoms with Gasteiger partial charge in [0.25, 0.3) is 0 Å². The van der Waals surface area contributed by atoms with Crippen molar-refractivity contribution < 1.29 is 13.6 Å². The third-order valence-electron chi connectivity index (χ3n) is 5.62. The Morgan fingerprint density at radius 3 is 1.45 bits per heavy atom. The Kier molecular flexibility index (Phi) is 6.08. The van der Waals surface area contributed by atoms with Crippen LogP contribution in [0.5, 0.6) is 0 Å². The third kappa shape index (κ3) is 4.90. The molecule has 1 aliphatic rings. The number of rotatable bonds is 4. The van der Waals surface area contributed by atoms with E-state index in [1.807, 2.05) is 84.9 Å². The molecule has 1 aliphatic carbocycles. The van der Waals surface area contributed by atoms with Crippen LogP contribution in [0.2, 0.25) is 10.0 Å². The zero-order chi connectivity index (χ0) is 22.8. The number of ketones is 1. The van der Waals surface area contributed by atoms with E-state index >= 15 is 0 Å². The first-order valence-corrected chi connectivity index (χ1v) is 11.5.